The van der Waals surface area contributed by atoms with Crippen molar-refractivity contribution >= 4 is 6.09 Å². The van der Waals surface area contributed by atoms with Crippen LogP contribution >= 0.6 is 0 Å². The molecular formula is C15H30N2O2. The van der Waals surface area contributed by atoms with E-state index in [0.717, 1.165) is 6.54 Å². The third-order valence-corrected chi connectivity index (χ3v) is 3.35. The lowest BCUT2D eigenvalue weighted by Gasteiger charge is -2.24. The van der Waals surface area contributed by atoms with Crippen LogP contribution < -0.4 is 10.6 Å². The maximum absolute atomic E-state index is 11.6. The highest BCUT2D eigenvalue weighted by Gasteiger charge is 2.27. The summed E-state index contributed by atoms with van der Waals surface area (Å²) in [6.45, 7) is 11.9. The Hall–Kier alpha value is -0.770. The van der Waals surface area contributed by atoms with Crippen LogP contribution in [0.4, 0.5) is 4.79 Å². The third kappa shape index (κ3) is 6.81. The Balaban J connectivity index is 2.29. The smallest absolute Gasteiger partial charge is 0.407 e. The maximum Gasteiger partial charge on any atom is 0.407 e. The monoisotopic (exact) mass is 270 g/mol. The number of rotatable bonds is 5. The van der Waals surface area contributed by atoms with Gasteiger partial charge in [0.1, 0.15) is 5.60 Å². The maximum atomic E-state index is 11.6. The molecule has 1 aliphatic carbocycles. The van der Waals surface area contributed by atoms with Gasteiger partial charge in [-0.1, -0.05) is 20.3 Å². The highest BCUT2D eigenvalue weighted by Crippen LogP contribution is 2.25. The fourth-order valence-corrected chi connectivity index (χ4v) is 2.47. The van der Waals surface area contributed by atoms with Gasteiger partial charge in [0.05, 0.1) is 0 Å². The van der Waals surface area contributed by atoms with E-state index >= 15 is 0 Å². The van der Waals surface area contributed by atoms with Crippen LogP contribution in [0.1, 0.15) is 53.9 Å². The molecule has 0 aliphatic heterocycles. The zero-order valence-corrected chi connectivity index (χ0v) is 13.1. The Bertz CT molecular complexity index is 284. The van der Waals surface area contributed by atoms with E-state index in [1.165, 1.54) is 19.3 Å². The number of amides is 1. The number of hydrogen-bond acceptors (Lipinski definition) is 3. The van der Waals surface area contributed by atoms with Gasteiger partial charge in [0.25, 0.3) is 0 Å². The summed E-state index contributed by atoms with van der Waals surface area (Å²) in [6, 6.07) is 0.539. The van der Waals surface area contributed by atoms with Crippen molar-refractivity contribution in [1.82, 2.24) is 10.6 Å². The lowest BCUT2D eigenvalue weighted by Crippen LogP contribution is -2.41. The number of hydrogen-bond donors (Lipinski definition) is 2. The van der Waals surface area contributed by atoms with E-state index in [1.807, 2.05) is 20.8 Å². The number of nitrogens with one attached hydrogen (secondary N) is 2. The summed E-state index contributed by atoms with van der Waals surface area (Å²) in [5, 5.41) is 6.51. The number of carbonyl (C=O) groups excluding carboxylic acids is 1. The molecule has 112 valence electrons. The predicted molar refractivity (Wildman–Crippen MR) is 78.2 cm³/mol. The molecule has 0 radical (unpaired) electrons. The second-order valence-corrected chi connectivity index (χ2v) is 6.98. The molecule has 2 atom stereocenters. The molecule has 0 aromatic rings. The Morgan fingerprint density at radius 3 is 2.58 bits per heavy atom. The summed E-state index contributed by atoms with van der Waals surface area (Å²) in [6.07, 6.45) is 3.34. The fraction of sp³-hybridized carbons (Fsp3) is 0.933. The van der Waals surface area contributed by atoms with Gasteiger partial charge in [-0.3, -0.25) is 0 Å². The summed E-state index contributed by atoms with van der Waals surface area (Å²) in [4.78, 5) is 11.6. The summed E-state index contributed by atoms with van der Waals surface area (Å²) < 4.78 is 5.26. The highest BCUT2D eigenvalue weighted by molar-refractivity contribution is 5.67. The summed E-state index contributed by atoms with van der Waals surface area (Å²) in [7, 11) is 0. The van der Waals surface area contributed by atoms with Gasteiger partial charge < -0.3 is 15.4 Å². The molecular weight excluding hydrogens is 240 g/mol. The van der Waals surface area contributed by atoms with E-state index in [2.05, 4.69) is 24.5 Å². The van der Waals surface area contributed by atoms with Crippen LogP contribution in [0.5, 0.6) is 0 Å². The average molecular weight is 270 g/mol. The van der Waals surface area contributed by atoms with Crippen LogP contribution in [0, 0.1) is 11.8 Å². The minimum absolute atomic E-state index is 0.304. The van der Waals surface area contributed by atoms with Gasteiger partial charge in [-0.25, -0.2) is 4.79 Å². The van der Waals surface area contributed by atoms with Gasteiger partial charge in [0.15, 0.2) is 0 Å². The van der Waals surface area contributed by atoms with Gasteiger partial charge in [-0.15, -0.1) is 0 Å². The average Bonchev–Trinajstić information content (AvgIpc) is 2.68. The Labute approximate surface area is 117 Å². The van der Waals surface area contributed by atoms with E-state index in [0.29, 0.717) is 24.4 Å². The summed E-state index contributed by atoms with van der Waals surface area (Å²) in [5.74, 6) is 1.20. The number of ether oxygens (including phenoxy) is 1. The Morgan fingerprint density at radius 2 is 2.00 bits per heavy atom. The Kier molecular flexibility index (Phi) is 6.11. The van der Waals surface area contributed by atoms with E-state index in [4.69, 9.17) is 4.74 Å². The molecule has 0 spiro atoms. The first-order chi connectivity index (χ1) is 8.78. The van der Waals surface area contributed by atoms with Gasteiger partial charge in [0, 0.05) is 12.6 Å². The molecule has 0 saturated heterocycles. The molecule has 4 nitrogen and oxygen atoms in total. The molecule has 1 saturated carbocycles. The van der Waals surface area contributed by atoms with Crippen molar-refractivity contribution in [2.75, 3.05) is 13.1 Å². The standard InChI is InChI=1S/C15H30N2O2/c1-11(2)9-16-13-8-6-7-12(13)10-17-14(18)19-15(3,4)5/h11-13,16H,6-10H2,1-5H3,(H,17,18). The van der Waals surface area contributed by atoms with Crippen molar-refractivity contribution in [2.45, 2.75) is 65.5 Å². The molecule has 1 rings (SSSR count). The Morgan fingerprint density at radius 1 is 1.32 bits per heavy atom. The molecule has 1 aliphatic rings. The van der Waals surface area contributed by atoms with E-state index in [9.17, 15) is 4.79 Å². The second kappa shape index (κ2) is 7.13. The molecule has 0 aromatic heterocycles. The largest absolute Gasteiger partial charge is 0.444 e. The van der Waals surface area contributed by atoms with Gasteiger partial charge in [-0.2, -0.15) is 0 Å². The predicted octanol–water partition coefficient (Wildman–Crippen LogP) is 2.93. The van der Waals surface area contributed by atoms with Crippen LogP contribution in [0.15, 0.2) is 0 Å². The van der Waals surface area contributed by atoms with Crippen molar-refractivity contribution in [3.05, 3.63) is 0 Å². The highest BCUT2D eigenvalue weighted by atomic mass is 16.6. The first kappa shape index (κ1) is 16.3. The third-order valence-electron chi connectivity index (χ3n) is 3.35. The SMILES string of the molecule is CC(C)CNC1CCCC1CNC(=O)OC(C)(C)C. The molecule has 0 heterocycles. The molecule has 4 heteroatoms. The van der Waals surface area contributed by atoms with Gasteiger partial charge in [-0.05, 0) is 52.0 Å². The first-order valence-corrected chi connectivity index (χ1v) is 7.48. The van der Waals surface area contributed by atoms with E-state index < -0.39 is 5.60 Å². The molecule has 2 N–H and O–H groups in total. The number of alkyl carbamates (subject to hydrolysis) is 1. The van der Waals surface area contributed by atoms with E-state index in [-0.39, 0.29) is 6.09 Å². The van der Waals surface area contributed by atoms with Crippen LogP contribution in [0.3, 0.4) is 0 Å². The first-order valence-electron chi connectivity index (χ1n) is 7.48. The molecule has 1 amide bonds. The summed E-state index contributed by atoms with van der Waals surface area (Å²) in [5.41, 5.74) is -0.422. The van der Waals surface area contributed by atoms with Crippen LogP contribution in [-0.4, -0.2) is 30.8 Å². The van der Waals surface area contributed by atoms with E-state index in [1.54, 1.807) is 0 Å². The lowest BCUT2D eigenvalue weighted by atomic mass is 10.0. The van der Waals surface area contributed by atoms with Crippen molar-refractivity contribution in [3.63, 3.8) is 0 Å². The molecule has 19 heavy (non-hydrogen) atoms. The molecule has 1 fully saturated rings. The van der Waals surface area contributed by atoms with Crippen molar-refractivity contribution in [2.24, 2.45) is 11.8 Å². The zero-order valence-electron chi connectivity index (χ0n) is 13.1. The molecule has 2 unspecified atom stereocenters. The summed E-state index contributed by atoms with van der Waals surface area (Å²) >= 11 is 0. The lowest BCUT2D eigenvalue weighted by molar-refractivity contribution is 0.0517. The zero-order chi connectivity index (χ0) is 14.5. The number of carbonyl (C=O) groups is 1. The topological polar surface area (TPSA) is 50.4 Å². The quantitative estimate of drug-likeness (QED) is 0.807. The minimum Gasteiger partial charge on any atom is -0.444 e. The normalized spacial score (nSPS) is 23.7. The van der Waals surface area contributed by atoms with Crippen LogP contribution in [0.25, 0.3) is 0 Å². The molecule has 0 bridgehead atoms. The van der Waals surface area contributed by atoms with Crippen molar-refractivity contribution in [3.8, 4) is 0 Å². The van der Waals surface area contributed by atoms with Crippen molar-refractivity contribution in [1.29, 1.82) is 0 Å². The minimum atomic E-state index is -0.422. The van der Waals surface area contributed by atoms with Gasteiger partial charge in [0.2, 0.25) is 0 Å². The van der Waals surface area contributed by atoms with Crippen LogP contribution in [-0.2, 0) is 4.74 Å². The van der Waals surface area contributed by atoms with Gasteiger partial charge >= 0.3 is 6.09 Å². The fourth-order valence-electron chi connectivity index (χ4n) is 2.47. The van der Waals surface area contributed by atoms with Crippen LogP contribution in [0.2, 0.25) is 0 Å². The van der Waals surface area contributed by atoms with Crippen molar-refractivity contribution < 1.29 is 9.53 Å². The second-order valence-electron chi connectivity index (χ2n) is 6.98. The molecule has 0 aromatic carbocycles.